The van der Waals surface area contributed by atoms with E-state index < -0.39 is 17.7 Å². The van der Waals surface area contributed by atoms with E-state index in [1.165, 1.54) is 16.2 Å². The number of ketones is 1. The second kappa shape index (κ2) is 7.74. The first-order chi connectivity index (χ1) is 14.7. The van der Waals surface area contributed by atoms with Crippen molar-refractivity contribution in [3.8, 4) is 0 Å². The Balaban J connectivity index is 1.91. The molecule has 1 aliphatic rings. The number of rotatable bonds is 3. The lowest BCUT2D eigenvalue weighted by Crippen LogP contribution is -2.29. The number of carbonyl (C=O) groups is 2. The summed E-state index contributed by atoms with van der Waals surface area (Å²) in [5, 5.41) is 20.2. The molecule has 0 saturated carbocycles. The smallest absolute Gasteiger partial charge is 0.301 e. The highest BCUT2D eigenvalue weighted by Crippen LogP contribution is 2.43. The molecule has 1 N–H and O–H groups in total. The zero-order chi connectivity index (χ0) is 22.3. The molecular formula is C24H23N3O3S. The third kappa shape index (κ3) is 3.77. The first kappa shape index (κ1) is 20.9. The van der Waals surface area contributed by atoms with Gasteiger partial charge in [0.1, 0.15) is 10.8 Å². The number of aliphatic hydroxyl groups excluding tert-OH is 1. The number of anilines is 1. The van der Waals surface area contributed by atoms with Crippen molar-refractivity contribution in [1.29, 1.82) is 0 Å². The molecule has 0 aliphatic carbocycles. The molecule has 1 saturated heterocycles. The largest absolute Gasteiger partial charge is 0.507 e. The van der Waals surface area contributed by atoms with Crippen molar-refractivity contribution in [3.63, 3.8) is 0 Å². The van der Waals surface area contributed by atoms with Crippen LogP contribution in [0, 0.1) is 6.92 Å². The molecule has 4 rings (SSSR count). The molecule has 0 spiro atoms. The first-order valence-corrected chi connectivity index (χ1v) is 10.8. The van der Waals surface area contributed by atoms with Crippen molar-refractivity contribution in [2.45, 2.75) is 39.2 Å². The summed E-state index contributed by atoms with van der Waals surface area (Å²) < 4.78 is 0. The van der Waals surface area contributed by atoms with Crippen molar-refractivity contribution in [1.82, 2.24) is 10.2 Å². The van der Waals surface area contributed by atoms with Crippen LogP contribution in [0.15, 0.2) is 60.2 Å². The number of hydrogen-bond donors (Lipinski definition) is 1. The van der Waals surface area contributed by atoms with Crippen LogP contribution in [0.3, 0.4) is 0 Å². The van der Waals surface area contributed by atoms with Gasteiger partial charge in [-0.15, -0.1) is 10.2 Å². The van der Waals surface area contributed by atoms with Crippen molar-refractivity contribution < 1.29 is 14.7 Å². The first-order valence-electron chi connectivity index (χ1n) is 9.95. The van der Waals surface area contributed by atoms with Crippen molar-refractivity contribution >= 4 is 33.9 Å². The second-order valence-electron chi connectivity index (χ2n) is 8.51. The number of aromatic nitrogens is 2. The zero-order valence-electron chi connectivity index (χ0n) is 17.8. The van der Waals surface area contributed by atoms with Gasteiger partial charge in [-0.25, -0.2) is 0 Å². The number of nitrogens with zero attached hydrogens (tertiary/aromatic N) is 3. The highest BCUT2D eigenvalue weighted by molar-refractivity contribution is 7.15. The Labute approximate surface area is 184 Å². The topological polar surface area (TPSA) is 83.4 Å². The lowest BCUT2D eigenvalue weighted by molar-refractivity contribution is -0.132. The molecule has 1 aromatic heterocycles. The van der Waals surface area contributed by atoms with Gasteiger partial charge in [-0.3, -0.25) is 14.5 Å². The molecule has 0 bridgehead atoms. The average molecular weight is 434 g/mol. The molecule has 0 unspecified atom stereocenters. The van der Waals surface area contributed by atoms with E-state index in [4.69, 9.17) is 0 Å². The van der Waals surface area contributed by atoms with E-state index >= 15 is 0 Å². The fraction of sp³-hybridized carbons (Fsp3) is 0.250. The summed E-state index contributed by atoms with van der Waals surface area (Å²) in [5.41, 5.74) is 2.33. The summed E-state index contributed by atoms with van der Waals surface area (Å²) in [4.78, 5) is 27.4. The third-order valence-corrected chi connectivity index (χ3v) is 6.14. The van der Waals surface area contributed by atoms with Crippen LogP contribution < -0.4 is 4.90 Å². The number of amides is 1. The van der Waals surface area contributed by atoms with Gasteiger partial charge in [0.15, 0.2) is 0 Å². The number of aryl methyl sites for hydroxylation is 1. The molecule has 31 heavy (non-hydrogen) atoms. The number of hydrogen-bond acceptors (Lipinski definition) is 6. The Morgan fingerprint density at radius 1 is 1.00 bits per heavy atom. The monoisotopic (exact) mass is 433 g/mol. The Bertz CT molecular complexity index is 1170. The summed E-state index contributed by atoms with van der Waals surface area (Å²) in [6.07, 6.45) is 0. The minimum absolute atomic E-state index is 0.0410. The molecule has 3 aromatic rings. The molecule has 7 heteroatoms. The third-order valence-electron chi connectivity index (χ3n) is 5.31. The van der Waals surface area contributed by atoms with Crippen LogP contribution in [0.5, 0.6) is 0 Å². The van der Waals surface area contributed by atoms with E-state index in [1.807, 2.05) is 30.3 Å². The van der Waals surface area contributed by atoms with E-state index in [0.717, 1.165) is 11.1 Å². The summed E-state index contributed by atoms with van der Waals surface area (Å²) >= 11 is 1.23. The van der Waals surface area contributed by atoms with Gasteiger partial charge in [0.05, 0.1) is 11.6 Å². The number of Topliss-reactive ketones (excluding diaryl/α,β-unsaturated/α-hetero) is 1. The van der Waals surface area contributed by atoms with Crippen LogP contribution in [-0.4, -0.2) is 27.0 Å². The van der Waals surface area contributed by atoms with Crippen LogP contribution >= 0.6 is 11.3 Å². The Hall–Kier alpha value is -3.32. The van der Waals surface area contributed by atoms with Gasteiger partial charge in [0.2, 0.25) is 5.13 Å². The molecule has 1 amide bonds. The van der Waals surface area contributed by atoms with Gasteiger partial charge in [-0.2, -0.15) is 0 Å². The molecule has 1 aliphatic heterocycles. The average Bonchev–Trinajstić information content (AvgIpc) is 3.28. The molecular weight excluding hydrogens is 410 g/mol. The fourth-order valence-corrected chi connectivity index (χ4v) is 4.36. The number of benzene rings is 2. The van der Waals surface area contributed by atoms with E-state index in [-0.39, 0.29) is 16.7 Å². The predicted molar refractivity (Wildman–Crippen MR) is 121 cm³/mol. The highest BCUT2D eigenvalue weighted by Gasteiger charge is 2.48. The Morgan fingerprint density at radius 3 is 2.19 bits per heavy atom. The standard InChI is InChI=1S/C24H23N3O3S/c1-14-25-26-23(31-14)27-19(15-10-12-17(13-11-15)24(2,3)4)18(21(29)22(27)30)20(28)16-8-6-5-7-9-16/h5-13,19,28H,1-4H3/t19-/m1/s1. The molecule has 2 heterocycles. The summed E-state index contributed by atoms with van der Waals surface area (Å²) in [7, 11) is 0. The number of carbonyl (C=O) groups excluding carboxylic acids is 2. The van der Waals surface area contributed by atoms with Gasteiger partial charge in [-0.05, 0) is 23.5 Å². The summed E-state index contributed by atoms with van der Waals surface area (Å²) in [6, 6.07) is 15.8. The SMILES string of the molecule is Cc1nnc(N2C(=O)C(=O)C(=C(O)c3ccccc3)[C@H]2c2ccc(C(C)(C)C)cc2)s1. The van der Waals surface area contributed by atoms with E-state index in [2.05, 4.69) is 31.0 Å². The van der Waals surface area contributed by atoms with Gasteiger partial charge < -0.3 is 5.11 Å². The van der Waals surface area contributed by atoms with E-state index in [9.17, 15) is 14.7 Å². The lowest BCUT2D eigenvalue weighted by atomic mass is 9.85. The summed E-state index contributed by atoms with van der Waals surface area (Å²) in [5.74, 6) is -1.66. The molecule has 1 atom stereocenters. The summed E-state index contributed by atoms with van der Waals surface area (Å²) in [6.45, 7) is 8.14. The van der Waals surface area contributed by atoms with Crippen molar-refractivity contribution in [2.75, 3.05) is 4.90 Å². The van der Waals surface area contributed by atoms with Crippen LogP contribution in [0.25, 0.3) is 5.76 Å². The van der Waals surface area contributed by atoms with E-state index in [1.54, 1.807) is 31.2 Å². The van der Waals surface area contributed by atoms with Gasteiger partial charge >= 0.3 is 5.91 Å². The molecule has 2 aromatic carbocycles. The normalized spacial score (nSPS) is 18.6. The maximum atomic E-state index is 13.1. The fourth-order valence-electron chi connectivity index (χ4n) is 3.65. The Morgan fingerprint density at radius 2 is 1.65 bits per heavy atom. The van der Waals surface area contributed by atoms with Gasteiger partial charge in [-0.1, -0.05) is 86.7 Å². The lowest BCUT2D eigenvalue weighted by Gasteiger charge is -2.24. The molecule has 6 nitrogen and oxygen atoms in total. The quantitative estimate of drug-likeness (QED) is 0.365. The van der Waals surface area contributed by atoms with E-state index in [0.29, 0.717) is 15.7 Å². The van der Waals surface area contributed by atoms with Crippen LogP contribution in [0.1, 0.15) is 48.5 Å². The second-order valence-corrected chi connectivity index (χ2v) is 9.67. The predicted octanol–water partition coefficient (Wildman–Crippen LogP) is 4.77. The molecule has 1 fully saturated rings. The minimum atomic E-state index is -0.790. The minimum Gasteiger partial charge on any atom is -0.507 e. The Kier molecular flexibility index (Phi) is 5.23. The van der Waals surface area contributed by atoms with Crippen molar-refractivity contribution in [2.24, 2.45) is 0 Å². The molecule has 0 radical (unpaired) electrons. The maximum absolute atomic E-state index is 13.1. The van der Waals surface area contributed by atoms with Gasteiger partial charge in [0.25, 0.3) is 5.78 Å². The van der Waals surface area contributed by atoms with Crippen molar-refractivity contribution in [3.05, 3.63) is 81.9 Å². The maximum Gasteiger partial charge on any atom is 0.301 e. The van der Waals surface area contributed by atoms with Crippen LogP contribution in [0.4, 0.5) is 5.13 Å². The highest BCUT2D eigenvalue weighted by atomic mass is 32.1. The number of aliphatic hydroxyl groups is 1. The zero-order valence-corrected chi connectivity index (χ0v) is 18.6. The van der Waals surface area contributed by atoms with Gasteiger partial charge in [0, 0.05) is 5.56 Å². The molecule has 158 valence electrons. The van der Waals surface area contributed by atoms with Crippen LogP contribution in [0.2, 0.25) is 0 Å². The van der Waals surface area contributed by atoms with Crippen LogP contribution in [-0.2, 0) is 15.0 Å².